The number of fused-ring (bicyclic) bond motifs is 1. The first-order valence-electron chi connectivity index (χ1n) is 8.22. The van der Waals surface area contributed by atoms with Crippen molar-refractivity contribution in [3.05, 3.63) is 58.3 Å². The Labute approximate surface area is 153 Å². The number of hydrogen-bond donors (Lipinski definition) is 0. The van der Waals surface area contributed by atoms with Crippen LogP contribution >= 0.6 is 15.9 Å². The van der Waals surface area contributed by atoms with Crippen molar-refractivity contribution in [1.82, 2.24) is 0 Å². The van der Waals surface area contributed by atoms with Gasteiger partial charge in [-0.3, -0.25) is 9.59 Å². The Kier molecular flexibility index (Phi) is 4.07. The van der Waals surface area contributed by atoms with Gasteiger partial charge in [-0.2, -0.15) is 0 Å². The van der Waals surface area contributed by atoms with Gasteiger partial charge in [0.1, 0.15) is 11.9 Å². The predicted octanol–water partition coefficient (Wildman–Crippen LogP) is 3.67. The third-order valence-corrected chi connectivity index (χ3v) is 5.29. The summed E-state index contributed by atoms with van der Waals surface area (Å²) in [5.74, 6) is -1.31. The summed E-state index contributed by atoms with van der Waals surface area (Å²) in [7, 11) is 0. The number of hydrogen-bond acceptors (Lipinski definition) is 3. The molecule has 128 valence electrons. The third-order valence-electron chi connectivity index (χ3n) is 4.80. The number of carbonyl (C=O) groups excluding carboxylic acids is 2. The fourth-order valence-corrected chi connectivity index (χ4v) is 3.99. The van der Waals surface area contributed by atoms with Gasteiger partial charge < -0.3 is 4.90 Å². The van der Waals surface area contributed by atoms with E-state index in [1.807, 2.05) is 23.1 Å². The molecule has 2 aliphatic rings. The normalized spacial score (nSPS) is 20.2. The van der Waals surface area contributed by atoms with Gasteiger partial charge in [0.15, 0.2) is 0 Å². The molecule has 6 heteroatoms. The number of aryl methyl sites for hydroxylation is 1. The lowest BCUT2D eigenvalue weighted by molar-refractivity contribution is -0.121. The number of benzene rings is 2. The Morgan fingerprint density at radius 3 is 2.68 bits per heavy atom. The van der Waals surface area contributed by atoms with Gasteiger partial charge in [0.25, 0.3) is 5.91 Å². The number of nitrogens with zero attached hydrogens (tertiary/aromatic N) is 2. The highest BCUT2D eigenvalue weighted by molar-refractivity contribution is 9.10. The summed E-state index contributed by atoms with van der Waals surface area (Å²) >= 11 is 3.19. The lowest BCUT2D eigenvalue weighted by Gasteiger charge is -2.34. The average molecular weight is 403 g/mol. The van der Waals surface area contributed by atoms with Crippen molar-refractivity contribution in [3.63, 3.8) is 0 Å². The molecule has 0 unspecified atom stereocenters. The summed E-state index contributed by atoms with van der Waals surface area (Å²) < 4.78 is 14.8. The average Bonchev–Trinajstić information content (AvgIpc) is 2.89. The van der Waals surface area contributed by atoms with Crippen LogP contribution in [-0.2, 0) is 16.0 Å². The van der Waals surface area contributed by atoms with Crippen LogP contribution in [0.15, 0.2) is 46.9 Å². The quantitative estimate of drug-likeness (QED) is 0.719. The van der Waals surface area contributed by atoms with E-state index in [1.54, 1.807) is 6.07 Å². The molecule has 2 aliphatic heterocycles. The minimum absolute atomic E-state index is 0.0194. The summed E-state index contributed by atoms with van der Waals surface area (Å²) in [6.07, 6.45) is 1.97. The van der Waals surface area contributed by atoms with E-state index in [0.29, 0.717) is 4.47 Å². The number of anilines is 2. The molecule has 1 atom stereocenters. The van der Waals surface area contributed by atoms with Crippen LogP contribution in [0.1, 0.15) is 18.4 Å². The first kappa shape index (κ1) is 16.3. The molecule has 4 nitrogen and oxygen atoms in total. The molecule has 2 heterocycles. The molecule has 0 aliphatic carbocycles. The smallest absolute Gasteiger partial charge is 0.257 e. The zero-order valence-electron chi connectivity index (χ0n) is 13.4. The summed E-state index contributed by atoms with van der Waals surface area (Å²) in [4.78, 5) is 28.4. The minimum Gasteiger partial charge on any atom is -0.359 e. The lowest BCUT2D eigenvalue weighted by Crippen LogP contribution is -2.44. The van der Waals surface area contributed by atoms with Gasteiger partial charge in [-0.15, -0.1) is 0 Å². The fourth-order valence-electron chi connectivity index (χ4n) is 3.66. The first-order chi connectivity index (χ1) is 12.1. The zero-order chi connectivity index (χ0) is 17.6. The second-order valence-electron chi connectivity index (χ2n) is 6.31. The van der Waals surface area contributed by atoms with Crippen LogP contribution < -0.4 is 9.80 Å². The van der Waals surface area contributed by atoms with Gasteiger partial charge in [0.05, 0.1) is 12.1 Å². The molecule has 1 saturated heterocycles. The molecular weight excluding hydrogens is 387 g/mol. The van der Waals surface area contributed by atoms with E-state index in [1.165, 1.54) is 17.7 Å². The molecule has 0 radical (unpaired) electrons. The second kappa shape index (κ2) is 6.26. The fraction of sp³-hybridized carbons (Fsp3) is 0.263. The van der Waals surface area contributed by atoms with Crippen molar-refractivity contribution < 1.29 is 14.0 Å². The van der Waals surface area contributed by atoms with Crippen molar-refractivity contribution in [2.75, 3.05) is 16.3 Å². The Morgan fingerprint density at radius 2 is 1.88 bits per heavy atom. The van der Waals surface area contributed by atoms with Crippen molar-refractivity contribution in [3.8, 4) is 0 Å². The largest absolute Gasteiger partial charge is 0.359 e. The molecule has 2 aromatic carbocycles. The second-order valence-corrected chi connectivity index (χ2v) is 7.22. The van der Waals surface area contributed by atoms with Crippen molar-refractivity contribution >= 4 is 39.1 Å². The van der Waals surface area contributed by atoms with E-state index in [4.69, 9.17) is 0 Å². The number of para-hydroxylation sites is 1. The van der Waals surface area contributed by atoms with Crippen LogP contribution in [0.25, 0.3) is 0 Å². The Morgan fingerprint density at radius 1 is 1.08 bits per heavy atom. The SMILES string of the molecule is O=C1C[C@H](N2CCCc3ccccc32)C(=O)N1c1ccc(Br)cc1F. The van der Waals surface area contributed by atoms with Crippen LogP contribution in [0.2, 0.25) is 0 Å². The van der Waals surface area contributed by atoms with Gasteiger partial charge in [-0.05, 0) is 42.7 Å². The first-order valence-corrected chi connectivity index (χ1v) is 9.02. The molecule has 1 fully saturated rings. The number of halogens is 2. The van der Waals surface area contributed by atoms with Crippen molar-refractivity contribution in [2.45, 2.75) is 25.3 Å². The number of amides is 2. The van der Waals surface area contributed by atoms with E-state index in [0.717, 1.165) is 30.0 Å². The maximum absolute atomic E-state index is 14.3. The summed E-state index contributed by atoms with van der Waals surface area (Å²) in [5, 5.41) is 0. The zero-order valence-corrected chi connectivity index (χ0v) is 15.0. The van der Waals surface area contributed by atoms with Gasteiger partial charge in [-0.25, -0.2) is 9.29 Å². The van der Waals surface area contributed by atoms with Crippen molar-refractivity contribution in [2.24, 2.45) is 0 Å². The standard InChI is InChI=1S/C19H16BrFN2O2/c20-13-7-8-16(14(21)10-13)23-18(24)11-17(19(23)25)22-9-3-5-12-4-1-2-6-15(12)22/h1-2,4,6-8,10,17H,3,5,9,11H2/t17-/m0/s1. The maximum atomic E-state index is 14.3. The molecule has 2 amide bonds. The van der Waals surface area contributed by atoms with Crippen molar-refractivity contribution in [1.29, 1.82) is 0 Å². The summed E-state index contributed by atoms with van der Waals surface area (Å²) in [5.41, 5.74) is 2.20. The Hall–Kier alpha value is -2.21. The molecule has 0 aromatic heterocycles. The maximum Gasteiger partial charge on any atom is 0.257 e. The van der Waals surface area contributed by atoms with Crippen LogP contribution in [0.3, 0.4) is 0 Å². The van der Waals surface area contributed by atoms with Gasteiger partial charge in [0.2, 0.25) is 5.91 Å². The summed E-state index contributed by atoms with van der Waals surface area (Å²) in [6, 6.07) is 11.7. The lowest BCUT2D eigenvalue weighted by atomic mass is 9.99. The van der Waals surface area contributed by atoms with E-state index in [2.05, 4.69) is 22.0 Å². The molecule has 0 N–H and O–H groups in total. The van der Waals surface area contributed by atoms with E-state index >= 15 is 0 Å². The van der Waals surface area contributed by atoms with E-state index < -0.39 is 11.9 Å². The minimum atomic E-state index is -0.587. The predicted molar refractivity (Wildman–Crippen MR) is 97.1 cm³/mol. The summed E-state index contributed by atoms with van der Waals surface area (Å²) in [6.45, 7) is 0.720. The molecule has 0 bridgehead atoms. The molecule has 0 spiro atoms. The van der Waals surface area contributed by atoms with Gasteiger partial charge in [0, 0.05) is 16.7 Å². The van der Waals surface area contributed by atoms with Crippen LogP contribution in [0.4, 0.5) is 15.8 Å². The molecule has 0 saturated carbocycles. The number of carbonyl (C=O) groups is 2. The van der Waals surface area contributed by atoms with E-state index in [-0.39, 0.29) is 23.9 Å². The highest BCUT2D eigenvalue weighted by Crippen LogP contribution is 2.34. The van der Waals surface area contributed by atoms with Crippen LogP contribution in [-0.4, -0.2) is 24.4 Å². The molecule has 2 aromatic rings. The highest BCUT2D eigenvalue weighted by Gasteiger charge is 2.44. The number of imide groups is 1. The topological polar surface area (TPSA) is 40.6 Å². The molecular formula is C19H16BrFN2O2. The molecule has 25 heavy (non-hydrogen) atoms. The van der Waals surface area contributed by atoms with Gasteiger partial charge >= 0.3 is 0 Å². The third kappa shape index (κ3) is 2.74. The van der Waals surface area contributed by atoms with Crippen LogP contribution in [0, 0.1) is 5.82 Å². The monoisotopic (exact) mass is 402 g/mol. The number of rotatable bonds is 2. The Balaban J connectivity index is 1.69. The van der Waals surface area contributed by atoms with Gasteiger partial charge in [-0.1, -0.05) is 34.1 Å². The molecule has 4 rings (SSSR count). The Bertz CT molecular complexity index is 870. The highest BCUT2D eigenvalue weighted by atomic mass is 79.9. The van der Waals surface area contributed by atoms with E-state index in [9.17, 15) is 14.0 Å². The van der Waals surface area contributed by atoms with Crippen LogP contribution in [0.5, 0.6) is 0 Å².